The Balaban J connectivity index is 1.69. The summed E-state index contributed by atoms with van der Waals surface area (Å²) in [6.45, 7) is 5.10. The molecule has 3 heterocycles. The van der Waals surface area contributed by atoms with Crippen LogP contribution in [0.4, 0.5) is 17.5 Å². The minimum absolute atomic E-state index is 0.0188. The molecule has 0 unspecified atom stereocenters. The van der Waals surface area contributed by atoms with Gasteiger partial charge in [-0.2, -0.15) is 10.4 Å². The average Bonchev–Trinajstić information content (AvgIpc) is 3.31. The van der Waals surface area contributed by atoms with Gasteiger partial charge in [-0.15, -0.1) is 0 Å². The lowest BCUT2D eigenvalue weighted by Crippen LogP contribution is -2.28. The van der Waals surface area contributed by atoms with Crippen LogP contribution in [0.15, 0.2) is 30.5 Å². The van der Waals surface area contributed by atoms with E-state index >= 15 is 0 Å². The number of nitriles is 1. The molecule has 0 aliphatic carbocycles. The van der Waals surface area contributed by atoms with Crippen molar-refractivity contribution in [2.75, 3.05) is 30.4 Å². The summed E-state index contributed by atoms with van der Waals surface area (Å²) in [6.07, 6.45) is 2.26. The van der Waals surface area contributed by atoms with Crippen LogP contribution >= 0.6 is 0 Å². The third-order valence-electron chi connectivity index (χ3n) is 5.53. The number of anilines is 3. The fourth-order valence-electron chi connectivity index (χ4n) is 3.80. The van der Waals surface area contributed by atoms with Crippen molar-refractivity contribution in [2.45, 2.75) is 32.2 Å². The molecule has 1 aromatic carbocycles. The number of benzene rings is 1. The fraction of sp³-hybridized carbons (Fsp3) is 0.364. The maximum absolute atomic E-state index is 9.91. The first-order chi connectivity index (χ1) is 15.0. The quantitative estimate of drug-likeness (QED) is 0.459. The minimum atomic E-state index is -0.457. The van der Waals surface area contributed by atoms with Gasteiger partial charge in [0.05, 0.1) is 29.2 Å². The van der Waals surface area contributed by atoms with E-state index in [9.17, 15) is 10.4 Å². The van der Waals surface area contributed by atoms with Gasteiger partial charge in [-0.25, -0.2) is 14.6 Å². The topological polar surface area (TPSA) is 132 Å². The number of rotatable bonds is 7. The molecule has 9 heteroatoms. The van der Waals surface area contributed by atoms with Crippen LogP contribution in [0, 0.1) is 18.3 Å². The van der Waals surface area contributed by atoms with Crippen LogP contribution in [0.1, 0.15) is 30.2 Å². The van der Waals surface area contributed by atoms with E-state index in [-0.39, 0.29) is 13.2 Å². The molecule has 160 valence electrons. The molecule has 0 saturated carbocycles. The summed E-state index contributed by atoms with van der Waals surface area (Å²) in [4.78, 5) is 8.96. The van der Waals surface area contributed by atoms with Crippen molar-refractivity contribution in [3.63, 3.8) is 0 Å². The predicted molar refractivity (Wildman–Crippen MR) is 117 cm³/mol. The Kier molecular flexibility index (Phi) is 5.59. The SMILES string of the molecule is Cc1cc(Nc2nccc(-c3cc(C#N)c4c(c3)[C@@](C)(CO)CN4)n2)n(CCCO)n1. The number of fused-ring (bicyclic) bond motifs is 1. The van der Waals surface area contributed by atoms with Crippen molar-refractivity contribution in [1.29, 1.82) is 5.26 Å². The standard InChI is InChI=1S/C22H25N7O2/c1-14-8-19(29(28-14)6-3-7-30)27-21-24-5-4-18(26-21)15-9-16(11-23)20-17(10-15)22(2,13-31)12-25-20/h4-5,8-10,25,30-31H,3,6-7,12-13H2,1-2H3,(H,24,26,27)/t22-/m1/s1. The van der Waals surface area contributed by atoms with Crippen LogP contribution in [0.5, 0.6) is 0 Å². The van der Waals surface area contributed by atoms with E-state index in [0.717, 1.165) is 28.3 Å². The van der Waals surface area contributed by atoms with Gasteiger partial charge in [0.2, 0.25) is 5.95 Å². The molecule has 4 N–H and O–H groups in total. The number of aliphatic hydroxyl groups excluding tert-OH is 2. The summed E-state index contributed by atoms with van der Waals surface area (Å²) in [5, 5.41) is 39.6. The lowest BCUT2D eigenvalue weighted by atomic mass is 9.83. The molecule has 0 amide bonds. The molecular formula is C22H25N7O2. The van der Waals surface area contributed by atoms with Crippen LogP contribution in [0.2, 0.25) is 0 Å². The van der Waals surface area contributed by atoms with Crippen molar-refractivity contribution in [3.8, 4) is 17.3 Å². The number of nitrogens with zero attached hydrogens (tertiary/aromatic N) is 5. The van der Waals surface area contributed by atoms with E-state index in [1.54, 1.807) is 23.0 Å². The molecule has 1 aliphatic rings. The van der Waals surface area contributed by atoms with Crippen LogP contribution in [-0.4, -0.2) is 49.7 Å². The number of aliphatic hydroxyl groups is 2. The van der Waals surface area contributed by atoms with Gasteiger partial charge >= 0.3 is 0 Å². The number of hydrogen-bond donors (Lipinski definition) is 4. The highest BCUT2D eigenvalue weighted by atomic mass is 16.3. The molecule has 1 atom stereocenters. The monoisotopic (exact) mass is 419 g/mol. The molecule has 0 saturated heterocycles. The molecule has 0 fully saturated rings. The summed E-state index contributed by atoms with van der Waals surface area (Å²) in [5.41, 5.74) is 4.06. The van der Waals surface area contributed by atoms with Gasteiger partial charge in [-0.3, -0.25) is 0 Å². The highest BCUT2D eigenvalue weighted by Gasteiger charge is 2.35. The lowest BCUT2D eigenvalue weighted by Gasteiger charge is -2.21. The second-order valence-corrected chi connectivity index (χ2v) is 7.99. The van der Waals surface area contributed by atoms with Crippen molar-refractivity contribution in [3.05, 3.63) is 47.3 Å². The van der Waals surface area contributed by atoms with Crippen molar-refractivity contribution >= 4 is 17.5 Å². The largest absolute Gasteiger partial charge is 0.396 e. The maximum Gasteiger partial charge on any atom is 0.228 e. The first-order valence-corrected chi connectivity index (χ1v) is 10.2. The molecule has 2 aromatic heterocycles. The molecular weight excluding hydrogens is 394 g/mol. The summed E-state index contributed by atoms with van der Waals surface area (Å²) < 4.78 is 1.78. The molecule has 3 aromatic rings. The van der Waals surface area contributed by atoms with Crippen molar-refractivity contribution in [2.24, 2.45) is 0 Å². The van der Waals surface area contributed by atoms with E-state index in [0.29, 0.717) is 36.7 Å². The van der Waals surface area contributed by atoms with E-state index in [4.69, 9.17) is 5.11 Å². The van der Waals surface area contributed by atoms with Gasteiger partial charge in [-0.05, 0) is 37.1 Å². The van der Waals surface area contributed by atoms with Gasteiger partial charge in [0, 0.05) is 42.9 Å². The van der Waals surface area contributed by atoms with E-state index < -0.39 is 5.41 Å². The van der Waals surface area contributed by atoms with Crippen LogP contribution in [-0.2, 0) is 12.0 Å². The third-order valence-corrected chi connectivity index (χ3v) is 5.53. The molecule has 1 aliphatic heterocycles. The second kappa shape index (κ2) is 8.34. The Morgan fingerprint density at radius 1 is 1.32 bits per heavy atom. The van der Waals surface area contributed by atoms with Crippen LogP contribution < -0.4 is 10.6 Å². The number of nitrogens with one attached hydrogen (secondary N) is 2. The van der Waals surface area contributed by atoms with Crippen LogP contribution in [0.25, 0.3) is 11.3 Å². The Bertz CT molecular complexity index is 1150. The molecule has 4 rings (SSSR count). The van der Waals surface area contributed by atoms with Gasteiger partial charge in [0.25, 0.3) is 0 Å². The first kappa shape index (κ1) is 20.8. The number of aromatic nitrogens is 4. The molecule has 9 nitrogen and oxygen atoms in total. The Morgan fingerprint density at radius 2 is 2.16 bits per heavy atom. The Labute approximate surface area is 180 Å². The minimum Gasteiger partial charge on any atom is -0.396 e. The zero-order valence-corrected chi connectivity index (χ0v) is 17.6. The molecule has 0 radical (unpaired) electrons. The summed E-state index contributed by atoms with van der Waals surface area (Å²) in [7, 11) is 0. The van der Waals surface area contributed by atoms with E-state index in [1.807, 2.05) is 26.0 Å². The number of hydrogen-bond acceptors (Lipinski definition) is 8. The molecule has 0 bridgehead atoms. The third kappa shape index (κ3) is 3.95. The predicted octanol–water partition coefficient (Wildman–Crippen LogP) is 2.32. The zero-order valence-electron chi connectivity index (χ0n) is 17.6. The summed E-state index contributed by atoms with van der Waals surface area (Å²) in [6, 6.07) is 9.72. The van der Waals surface area contributed by atoms with Crippen LogP contribution in [0.3, 0.4) is 0 Å². The smallest absolute Gasteiger partial charge is 0.228 e. The highest BCUT2D eigenvalue weighted by molar-refractivity contribution is 5.76. The first-order valence-electron chi connectivity index (χ1n) is 10.2. The van der Waals surface area contributed by atoms with Gasteiger partial charge in [-0.1, -0.05) is 6.92 Å². The maximum atomic E-state index is 9.91. The molecule has 0 spiro atoms. The summed E-state index contributed by atoms with van der Waals surface area (Å²) in [5.74, 6) is 1.15. The van der Waals surface area contributed by atoms with Crippen molar-refractivity contribution in [1.82, 2.24) is 19.7 Å². The average molecular weight is 419 g/mol. The number of aryl methyl sites for hydroxylation is 2. The Morgan fingerprint density at radius 3 is 2.90 bits per heavy atom. The van der Waals surface area contributed by atoms with Gasteiger partial charge in [0.15, 0.2) is 0 Å². The normalized spacial score (nSPS) is 17.1. The molecule has 31 heavy (non-hydrogen) atoms. The summed E-state index contributed by atoms with van der Waals surface area (Å²) >= 11 is 0. The fourth-order valence-corrected chi connectivity index (χ4v) is 3.80. The second-order valence-electron chi connectivity index (χ2n) is 7.99. The van der Waals surface area contributed by atoms with E-state index in [1.165, 1.54) is 0 Å². The van der Waals surface area contributed by atoms with Gasteiger partial charge in [0.1, 0.15) is 11.9 Å². The lowest BCUT2D eigenvalue weighted by molar-refractivity contribution is 0.219. The van der Waals surface area contributed by atoms with Gasteiger partial charge < -0.3 is 20.8 Å². The van der Waals surface area contributed by atoms with E-state index in [2.05, 4.69) is 31.8 Å². The van der Waals surface area contributed by atoms with Crippen molar-refractivity contribution < 1.29 is 10.2 Å². The zero-order chi connectivity index (χ0) is 22.0. The highest BCUT2D eigenvalue weighted by Crippen LogP contribution is 2.41. The Hall–Kier alpha value is -3.48.